The van der Waals surface area contributed by atoms with Crippen LogP contribution in [0, 0.1) is 0 Å². The number of rotatable bonds is 5. The molecule has 1 amide bonds. The molecule has 2 aliphatic heterocycles. The molecule has 1 atom stereocenters. The highest BCUT2D eigenvalue weighted by atomic mass is 32.2. The van der Waals surface area contributed by atoms with Crippen LogP contribution in [0.2, 0.25) is 0 Å². The van der Waals surface area contributed by atoms with Crippen LogP contribution in [0.15, 0.2) is 41.3 Å². The third-order valence-electron chi connectivity index (χ3n) is 5.26. The van der Waals surface area contributed by atoms with E-state index in [1.807, 2.05) is 13.0 Å². The first kappa shape index (κ1) is 19.7. The van der Waals surface area contributed by atoms with Crippen molar-refractivity contribution < 1.29 is 22.7 Å². The zero-order valence-electron chi connectivity index (χ0n) is 16.5. The number of hydrogen-bond acceptors (Lipinski definition) is 5. The van der Waals surface area contributed by atoms with Gasteiger partial charge >= 0.3 is 0 Å². The van der Waals surface area contributed by atoms with E-state index in [-0.39, 0.29) is 10.8 Å². The quantitative estimate of drug-likeness (QED) is 0.810. The molecule has 2 heterocycles. The number of carbonyl (C=O) groups is 1. The lowest BCUT2D eigenvalue weighted by Gasteiger charge is -2.21. The number of sulfonamides is 1. The molecule has 2 aromatic carbocycles. The molecule has 2 aliphatic rings. The summed E-state index contributed by atoms with van der Waals surface area (Å²) < 4.78 is 39.7. The standard InChI is InChI=1S/C21H24N2O5S/c1-3-21(24)23-9-8-16-12-17(5-6-18(16)23)29(25,26)22-14(2)15-4-7-19-20(13-15)28-11-10-27-19/h4-7,12-14,22H,3,8-11H2,1-2H3. The molecule has 8 heteroatoms. The van der Waals surface area contributed by atoms with Crippen LogP contribution in [-0.4, -0.2) is 34.1 Å². The van der Waals surface area contributed by atoms with Gasteiger partial charge in [0, 0.05) is 24.7 Å². The number of fused-ring (bicyclic) bond motifs is 2. The Morgan fingerprint density at radius 2 is 1.90 bits per heavy atom. The van der Waals surface area contributed by atoms with Gasteiger partial charge in [-0.2, -0.15) is 0 Å². The maximum atomic E-state index is 12.9. The van der Waals surface area contributed by atoms with Gasteiger partial charge in [0.1, 0.15) is 13.2 Å². The van der Waals surface area contributed by atoms with Crippen LogP contribution < -0.4 is 19.1 Å². The van der Waals surface area contributed by atoms with Crippen LogP contribution in [0.4, 0.5) is 5.69 Å². The van der Waals surface area contributed by atoms with Crippen molar-refractivity contribution in [3.05, 3.63) is 47.5 Å². The van der Waals surface area contributed by atoms with Gasteiger partial charge in [0.2, 0.25) is 15.9 Å². The third-order valence-corrected chi connectivity index (χ3v) is 6.80. The number of nitrogens with one attached hydrogen (secondary N) is 1. The number of ether oxygens (including phenoxy) is 2. The van der Waals surface area contributed by atoms with Crippen LogP contribution in [0.25, 0.3) is 0 Å². The molecule has 1 N–H and O–H groups in total. The van der Waals surface area contributed by atoms with Gasteiger partial charge in [0.25, 0.3) is 0 Å². The minimum Gasteiger partial charge on any atom is -0.486 e. The molecule has 2 aromatic rings. The Hall–Kier alpha value is -2.58. The lowest BCUT2D eigenvalue weighted by atomic mass is 10.1. The smallest absolute Gasteiger partial charge is 0.241 e. The maximum Gasteiger partial charge on any atom is 0.241 e. The summed E-state index contributed by atoms with van der Waals surface area (Å²) in [6.45, 7) is 5.18. The van der Waals surface area contributed by atoms with E-state index < -0.39 is 16.1 Å². The second-order valence-corrected chi connectivity index (χ2v) is 8.90. The maximum absolute atomic E-state index is 12.9. The van der Waals surface area contributed by atoms with Gasteiger partial charge in [0.05, 0.1) is 4.90 Å². The van der Waals surface area contributed by atoms with Crippen LogP contribution in [-0.2, 0) is 21.2 Å². The number of hydrogen-bond donors (Lipinski definition) is 1. The fourth-order valence-electron chi connectivity index (χ4n) is 3.69. The zero-order chi connectivity index (χ0) is 20.6. The number of benzene rings is 2. The van der Waals surface area contributed by atoms with E-state index >= 15 is 0 Å². The van der Waals surface area contributed by atoms with Crippen molar-refractivity contribution in [3.8, 4) is 11.5 Å². The van der Waals surface area contributed by atoms with Crippen LogP contribution in [0.3, 0.4) is 0 Å². The predicted octanol–water partition coefficient (Wildman–Crippen LogP) is 2.80. The molecule has 0 bridgehead atoms. The van der Waals surface area contributed by atoms with Crippen LogP contribution >= 0.6 is 0 Å². The molecule has 0 saturated heterocycles. The SMILES string of the molecule is CCC(=O)N1CCc2cc(S(=O)(=O)NC(C)c3ccc4c(c3)OCCO4)ccc21. The van der Waals surface area contributed by atoms with E-state index in [1.165, 1.54) is 0 Å². The number of carbonyl (C=O) groups excluding carboxylic acids is 1. The topological polar surface area (TPSA) is 84.9 Å². The average Bonchev–Trinajstić information content (AvgIpc) is 3.16. The van der Waals surface area contributed by atoms with Gasteiger partial charge in [-0.05, 0) is 54.8 Å². The lowest BCUT2D eigenvalue weighted by Crippen LogP contribution is -2.28. The van der Waals surface area contributed by atoms with Gasteiger partial charge in [0.15, 0.2) is 11.5 Å². The minimum atomic E-state index is -3.72. The minimum absolute atomic E-state index is 0.0460. The molecule has 0 aromatic heterocycles. The Labute approximate surface area is 170 Å². The Morgan fingerprint density at radius 3 is 2.66 bits per heavy atom. The van der Waals surface area contributed by atoms with Crippen molar-refractivity contribution in [2.45, 2.75) is 37.6 Å². The summed E-state index contributed by atoms with van der Waals surface area (Å²) in [5.41, 5.74) is 2.47. The van der Waals surface area contributed by atoms with E-state index in [9.17, 15) is 13.2 Å². The van der Waals surface area contributed by atoms with E-state index in [0.29, 0.717) is 44.1 Å². The Kier molecular flexibility index (Phi) is 5.23. The summed E-state index contributed by atoms with van der Waals surface area (Å²) in [4.78, 5) is 14.0. The van der Waals surface area contributed by atoms with Crippen molar-refractivity contribution in [2.24, 2.45) is 0 Å². The first-order valence-electron chi connectivity index (χ1n) is 9.74. The predicted molar refractivity (Wildman–Crippen MR) is 109 cm³/mol. The first-order chi connectivity index (χ1) is 13.9. The van der Waals surface area contributed by atoms with Crippen molar-refractivity contribution in [3.63, 3.8) is 0 Å². The van der Waals surface area contributed by atoms with Crippen LogP contribution in [0.1, 0.15) is 37.4 Å². The number of amides is 1. The highest BCUT2D eigenvalue weighted by Crippen LogP contribution is 2.34. The van der Waals surface area contributed by atoms with Crippen LogP contribution in [0.5, 0.6) is 11.5 Å². The molecule has 0 aliphatic carbocycles. The summed E-state index contributed by atoms with van der Waals surface area (Å²) in [5, 5.41) is 0. The van der Waals surface area contributed by atoms with E-state index in [0.717, 1.165) is 16.8 Å². The van der Waals surface area contributed by atoms with Crippen molar-refractivity contribution in [2.75, 3.05) is 24.7 Å². The monoisotopic (exact) mass is 416 g/mol. The van der Waals surface area contributed by atoms with Crippen molar-refractivity contribution in [1.29, 1.82) is 0 Å². The molecule has 0 saturated carbocycles. The normalized spacial score (nSPS) is 16.4. The fraction of sp³-hybridized carbons (Fsp3) is 0.381. The number of anilines is 1. The molecule has 154 valence electrons. The zero-order valence-corrected chi connectivity index (χ0v) is 17.3. The largest absolute Gasteiger partial charge is 0.486 e. The Morgan fingerprint density at radius 1 is 1.14 bits per heavy atom. The highest BCUT2D eigenvalue weighted by molar-refractivity contribution is 7.89. The average molecular weight is 416 g/mol. The number of nitrogens with zero attached hydrogens (tertiary/aromatic N) is 1. The molecule has 0 spiro atoms. The molecule has 0 radical (unpaired) electrons. The van der Waals surface area contributed by atoms with Gasteiger partial charge in [-0.1, -0.05) is 13.0 Å². The summed E-state index contributed by atoms with van der Waals surface area (Å²) in [6.07, 6.45) is 1.08. The summed E-state index contributed by atoms with van der Waals surface area (Å²) in [7, 11) is -3.72. The van der Waals surface area contributed by atoms with E-state index in [1.54, 1.807) is 42.2 Å². The molecule has 7 nitrogen and oxygen atoms in total. The molecule has 4 rings (SSSR count). The highest BCUT2D eigenvalue weighted by Gasteiger charge is 2.27. The molecular formula is C21H24N2O5S. The molecular weight excluding hydrogens is 392 g/mol. The van der Waals surface area contributed by atoms with E-state index in [2.05, 4.69) is 4.72 Å². The van der Waals surface area contributed by atoms with Gasteiger partial charge in [-0.15, -0.1) is 0 Å². The molecule has 29 heavy (non-hydrogen) atoms. The second-order valence-electron chi connectivity index (χ2n) is 7.19. The first-order valence-corrected chi connectivity index (χ1v) is 11.2. The Balaban J connectivity index is 1.54. The summed E-state index contributed by atoms with van der Waals surface area (Å²) in [5.74, 6) is 1.34. The molecule has 0 fully saturated rings. The van der Waals surface area contributed by atoms with E-state index in [4.69, 9.17) is 9.47 Å². The van der Waals surface area contributed by atoms with Gasteiger partial charge in [-0.25, -0.2) is 13.1 Å². The molecule has 1 unspecified atom stereocenters. The Bertz CT molecular complexity index is 1050. The fourth-order valence-corrected chi connectivity index (χ4v) is 4.98. The van der Waals surface area contributed by atoms with Crippen molar-refractivity contribution in [1.82, 2.24) is 4.72 Å². The summed E-state index contributed by atoms with van der Waals surface area (Å²) >= 11 is 0. The third kappa shape index (κ3) is 3.82. The lowest BCUT2D eigenvalue weighted by molar-refractivity contribution is -0.118. The van der Waals surface area contributed by atoms with Gasteiger partial charge in [-0.3, -0.25) is 4.79 Å². The van der Waals surface area contributed by atoms with Gasteiger partial charge < -0.3 is 14.4 Å². The van der Waals surface area contributed by atoms with Crippen molar-refractivity contribution >= 4 is 21.6 Å². The second kappa shape index (κ2) is 7.68. The summed E-state index contributed by atoms with van der Waals surface area (Å²) in [6, 6.07) is 9.93.